The van der Waals surface area contributed by atoms with Gasteiger partial charge in [0.05, 0.1) is 0 Å². The van der Waals surface area contributed by atoms with E-state index in [0.29, 0.717) is 0 Å². The van der Waals surface area contributed by atoms with Crippen LogP contribution in [0.4, 0.5) is 0 Å². The molecule has 0 saturated carbocycles. The zero-order valence-electron chi connectivity index (χ0n) is 9.66. The first-order chi connectivity index (χ1) is 7.72. The van der Waals surface area contributed by atoms with Gasteiger partial charge in [-0.2, -0.15) is 0 Å². The minimum Gasteiger partial charge on any atom is -0.329 e. The molecule has 1 aliphatic rings. The van der Waals surface area contributed by atoms with Crippen molar-refractivity contribution in [1.82, 2.24) is 10.3 Å². The predicted octanol–water partition coefficient (Wildman–Crippen LogP) is 2.36. The molecule has 2 heterocycles. The van der Waals surface area contributed by atoms with Gasteiger partial charge in [0.25, 0.3) is 0 Å². The summed E-state index contributed by atoms with van der Waals surface area (Å²) in [6.07, 6.45) is 5.25. The van der Waals surface area contributed by atoms with Crippen molar-refractivity contribution in [3.05, 3.63) is 35.8 Å². The Labute approximate surface area is 95.6 Å². The lowest BCUT2D eigenvalue weighted by molar-refractivity contribution is -0.124. The third-order valence-corrected chi connectivity index (χ3v) is 2.98. The SMILES string of the molecule is CCC1=C(c2ccncc2)CC(C)C(=O)N1. The Morgan fingerprint density at radius 3 is 2.75 bits per heavy atom. The van der Waals surface area contributed by atoms with E-state index in [1.165, 1.54) is 11.1 Å². The molecule has 1 aliphatic heterocycles. The van der Waals surface area contributed by atoms with Gasteiger partial charge in [-0.25, -0.2) is 0 Å². The van der Waals surface area contributed by atoms with Gasteiger partial charge in [0.1, 0.15) is 0 Å². The number of hydrogen-bond acceptors (Lipinski definition) is 2. The third kappa shape index (κ3) is 1.98. The Kier molecular flexibility index (Phi) is 3.04. The fourth-order valence-electron chi connectivity index (χ4n) is 2.02. The summed E-state index contributed by atoms with van der Waals surface area (Å²) in [5, 5.41) is 2.98. The number of nitrogens with one attached hydrogen (secondary N) is 1. The van der Waals surface area contributed by atoms with Crippen molar-refractivity contribution in [2.45, 2.75) is 26.7 Å². The molecule has 16 heavy (non-hydrogen) atoms. The largest absolute Gasteiger partial charge is 0.329 e. The van der Waals surface area contributed by atoms with Crippen molar-refractivity contribution >= 4 is 11.5 Å². The van der Waals surface area contributed by atoms with Gasteiger partial charge in [-0.3, -0.25) is 9.78 Å². The number of rotatable bonds is 2. The molecule has 3 heteroatoms. The van der Waals surface area contributed by atoms with Crippen LogP contribution in [0.1, 0.15) is 32.3 Å². The van der Waals surface area contributed by atoms with Crippen molar-refractivity contribution in [3.8, 4) is 0 Å². The molecule has 0 aromatic carbocycles. The highest BCUT2D eigenvalue weighted by molar-refractivity contribution is 5.88. The first-order valence-corrected chi connectivity index (χ1v) is 5.65. The zero-order chi connectivity index (χ0) is 11.5. The molecule has 3 nitrogen and oxygen atoms in total. The molecular formula is C13H16N2O. The van der Waals surface area contributed by atoms with Crippen LogP contribution >= 0.6 is 0 Å². The van der Waals surface area contributed by atoms with Crippen molar-refractivity contribution in [1.29, 1.82) is 0 Å². The highest BCUT2D eigenvalue weighted by Crippen LogP contribution is 2.29. The van der Waals surface area contributed by atoms with Crippen LogP contribution < -0.4 is 5.32 Å². The van der Waals surface area contributed by atoms with Crippen LogP contribution in [0, 0.1) is 5.92 Å². The van der Waals surface area contributed by atoms with E-state index in [1.807, 2.05) is 19.1 Å². The molecular weight excluding hydrogens is 200 g/mol. The summed E-state index contributed by atoms with van der Waals surface area (Å²) in [5.74, 6) is 0.188. The number of allylic oxidation sites excluding steroid dienone is 2. The van der Waals surface area contributed by atoms with Gasteiger partial charge >= 0.3 is 0 Å². The van der Waals surface area contributed by atoms with Crippen LogP contribution in [-0.2, 0) is 4.79 Å². The summed E-state index contributed by atoms with van der Waals surface area (Å²) in [6.45, 7) is 4.02. The molecule has 0 radical (unpaired) electrons. The average Bonchev–Trinajstić information content (AvgIpc) is 2.33. The second-order valence-electron chi connectivity index (χ2n) is 4.14. The predicted molar refractivity (Wildman–Crippen MR) is 63.4 cm³/mol. The third-order valence-electron chi connectivity index (χ3n) is 2.98. The van der Waals surface area contributed by atoms with Crippen molar-refractivity contribution in [3.63, 3.8) is 0 Å². The fourth-order valence-corrected chi connectivity index (χ4v) is 2.02. The van der Waals surface area contributed by atoms with Gasteiger partial charge in [0, 0.05) is 24.0 Å². The lowest BCUT2D eigenvalue weighted by atomic mass is 9.89. The molecule has 0 fully saturated rings. The molecule has 84 valence electrons. The maximum Gasteiger partial charge on any atom is 0.227 e. The highest BCUT2D eigenvalue weighted by Gasteiger charge is 2.24. The summed E-state index contributed by atoms with van der Waals surface area (Å²) >= 11 is 0. The van der Waals surface area contributed by atoms with Crippen LogP contribution in [0.2, 0.25) is 0 Å². The van der Waals surface area contributed by atoms with Crippen molar-refractivity contribution < 1.29 is 4.79 Å². The molecule has 1 atom stereocenters. The molecule has 0 saturated heterocycles. The summed E-state index contributed by atoms with van der Waals surface area (Å²) in [6, 6.07) is 3.99. The summed E-state index contributed by atoms with van der Waals surface area (Å²) < 4.78 is 0. The monoisotopic (exact) mass is 216 g/mol. The van der Waals surface area contributed by atoms with Gasteiger partial charge in [0.15, 0.2) is 0 Å². The lowest BCUT2D eigenvalue weighted by Crippen LogP contribution is -2.33. The second kappa shape index (κ2) is 4.47. The minimum absolute atomic E-state index is 0.0541. The highest BCUT2D eigenvalue weighted by atomic mass is 16.1. The van der Waals surface area contributed by atoms with Crippen LogP contribution in [0.25, 0.3) is 5.57 Å². The molecule has 1 N–H and O–H groups in total. The summed E-state index contributed by atoms with van der Waals surface area (Å²) in [4.78, 5) is 15.6. The van der Waals surface area contributed by atoms with Gasteiger partial charge in [-0.05, 0) is 36.1 Å². The molecule has 1 aromatic heterocycles. The van der Waals surface area contributed by atoms with Crippen LogP contribution in [0.3, 0.4) is 0 Å². The van der Waals surface area contributed by atoms with E-state index in [9.17, 15) is 4.79 Å². The fraction of sp³-hybridized carbons (Fsp3) is 0.385. The first-order valence-electron chi connectivity index (χ1n) is 5.65. The maximum atomic E-state index is 11.6. The molecule has 0 bridgehead atoms. The van der Waals surface area contributed by atoms with E-state index in [0.717, 1.165) is 18.5 Å². The molecule has 1 amide bonds. The number of nitrogens with zero attached hydrogens (tertiary/aromatic N) is 1. The average molecular weight is 216 g/mol. The Morgan fingerprint density at radius 1 is 1.44 bits per heavy atom. The molecule has 0 aliphatic carbocycles. The van der Waals surface area contributed by atoms with E-state index in [4.69, 9.17) is 0 Å². The first kappa shape index (κ1) is 10.9. The van der Waals surface area contributed by atoms with E-state index in [2.05, 4.69) is 17.2 Å². The van der Waals surface area contributed by atoms with E-state index >= 15 is 0 Å². The Morgan fingerprint density at radius 2 is 2.12 bits per heavy atom. The van der Waals surface area contributed by atoms with Gasteiger partial charge in [-0.1, -0.05) is 13.8 Å². The summed E-state index contributed by atoms with van der Waals surface area (Å²) in [5.41, 5.74) is 3.46. The van der Waals surface area contributed by atoms with Crippen LogP contribution in [-0.4, -0.2) is 10.9 Å². The van der Waals surface area contributed by atoms with Gasteiger partial charge in [-0.15, -0.1) is 0 Å². The van der Waals surface area contributed by atoms with Crippen LogP contribution in [0.15, 0.2) is 30.2 Å². The van der Waals surface area contributed by atoms with Crippen LogP contribution in [0.5, 0.6) is 0 Å². The lowest BCUT2D eigenvalue weighted by Gasteiger charge is -2.25. The minimum atomic E-state index is 0.0541. The number of hydrogen-bond donors (Lipinski definition) is 1. The Bertz CT molecular complexity index is 423. The van der Waals surface area contributed by atoms with Gasteiger partial charge in [0.2, 0.25) is 5.91 Å². The van der Waals surface area contributed by atoms with E-state index in [1.54, 1.807) is 12.4 Å². The Balaban J connectivity index is 2.40. The van der Waals surface area contributed by atoms with E-state index in [-0.39, 0.29) is 11.8 Å². The Hall–Kier alpha value is -1.64. The number of carbonyl (C=O) groups is 1. The normalized spacial score (nSPS) is 20.9. The smallest absolute Gasteiger partial charge is 0.227 e. The number of amides is 1. The topological polar surface area (TPSA) is 42.0 Å². The zero-order valence-corrected chi connectivity index (χ0v) is 9.66. The number of pyridine rings is 1. The van der Waals surface area contributed by atoms with Gasteiger partial charge < -0.3 is 5.32 Å². The number of aromatic nitrogens is 1. The van der Waals surface area contributed by atoms with E-state index < -0.39 is 0 Å². The molecule has 2 rings (SSSR count). The maximum absolute atomic E-state index is 11.6. The standard InChI is InChI=1S/C13H16N2O/c1-3-12-11(8-9(2)13(16)15-12)10-4-6-14-7-5-10/h4-7,9H,3,8H2,1-2H3,(H,15,16). The second-order valence-corrected chi connectivity index (χ2v) is 4.14. The number of carbonyl (C=O) groups excluding carboxylic acids is 1. The molecule has 1 unspecified atom stereocenters. The van der Waals surface area contributed by atoms with Crippen molar-refractivity contribution in [2.24, 2.45) is 5.92 Å². The molecule has 0 spiro atoms. The summed E-state index contributed by atoms with van der Waals surface area (Å²) in [7, 11) is 0. The molecule has 1 aromatic rings. The quantitative estimate of drug-likeness (QED) is 0.824. The van der Waals surface area contributed by atoms with Crippen molar-refractivity contribution in [2.75, 3.05) is 0 Å².